The number of nitrogens with zero attached hydrogens (tertiary/aromatic N) is 3. The number of amides is 1. The first-order valence-corrected chi connectivity index (χ1v) is 7.60. The predicted molar refractivity (Wildman–Crippen MR) is 75.8 cm³/mol. The van der Waals surface area contributed by atoms with Gasteiger partial charge in [-0.15, -0.1) is 11.3 Å². The number of likely N-dealkylation sites (tertiary alicyclic amines) is 2. The Kier molecular flexibility index (Phi) is 3.22. The highest BCUT2D eigenvalue weighted by molar-refractivity contribution is 7.15. The minimum absolute atomic E-state index is 0.139. The maximum atomic E-state index is 11.7. The first-order valence-electron chi connectivity index (χ1n) is 6.78. The molecule has 2 aliphatic heterocycles. The van der Waals surface area contributed by atoms with Crippen molar-refractivity contribution in [1.82, 2.24) is 14.8 Å². The molecule has 0 aliphatic carbocycles. The molecule has 1 amide bonds. The smallest absolute Gasteiger partial charge is 0.222 e. The van der Waals surface area contributed by atoms with E-state index in [1.165, 1.54) is 4.88 Å². The maximum absolute atomic E-state index is 11.7. The van der Waals surface area contributed by atoms with Crippen molar-refractivity contribution in [2.45, 2.75) is 37.8 Å². The number of thiazole rings is 1. The minimum Gasteiger partial charge on any atom is -0.375 e. The van der Waals surface area contributed by atoms with Crippen molar-refractivity contribution in [3.05, 3.63) is 11.1 Å². The molecule has 3 rings (SSSR count). The number of rotatable bonds is 2. The van der Waals surface area contributed by atoms with E-state index in [1.54, 1.807) is 11.3 Å². The minimum atomic E-state index is 0.139. The van der Waals surface area contributed by atoms with Gasteiger partial charge < -0.3 is 10.6 Å². The second-order valence-corrected chi connectivity index (χ2v) is 6.76. The second-order valence-electron chi connectivity index (χ2n) is 5.62. The van der Waals surface area contributed by atoms with E-state index in [0.717, 1.165) is 45.3 Å². The van der Waals surface area contributed by atoms with Crippen LogP contribution in [0.25, 0.3) is 0 Å². The van der Waals surface area contributed by atoms with Gasteiger partial charge in [0.1, 0.15) is 0 Å². The summed E-state index contributed by atoms with van der Waals surface area (Å²) in [6.45, 7) is 3.04. The summed E-state index contributed by atoms with van der Waals surface area (Å²) in [5.74, 6) is 0.309. The van der Waals surface area contributed by atoms with Crippen molar-refractivity contribution < 1.29 is 4.79 Å². The van der Waals surface area contributed by atoms with Crippen LogP contribution in [-0.2, 0) is 11.3 Å². The molecule has 0 aromatic carbocycles. The molecule has 0 bridgehead atoms. The lowest BCUT2D eigenvalue weighted by Gasteiger charge is -2.43. The third kappa shape index (κ3) is 2.34. The summed E-state index contributed by atoms with van der Waals surface area (Å²) in [6, 6.07) is 0. The number of carbonyl (C=O) groups is 1. The van der Waals surface area contributed by atoms with Gasteiger partial charge in [0.2, 0.25) is 5.91 Å². The Labute approximate surface area is 117 Å². The normalized spacial score (nSPS) is 23.4. The van der Waals surface area contributed by atoms with Gasteiger partial charge in [-0.2, -0.15) is 0 Å². The molecule has 0 radical (unpaired) electrons. The molecule has 2 N–H and O–H groups in total. The van der Waals surface area contributed by atoms with Crippen LogP contribution in [0.15, 0.2) is 6.20 Å². The van der Waals surface area contributed by atoms with Crippen molar-refractivity contribution in [2.75, 3.05) is 25.9 Å². The molecule has 1 aromatic heterocycles. The summed E-state index contributed by atoms with van der Waals surface area (Å²) < 4.78 is 0. The average molecular weight is 280 g/mol. The summed E-state index contributed by atoms with van der Waals surface area (Å²) in [4.78, 5) is 21.5. The molecule has 6 heteroatoms. The number of hydrogen-bond donors (Lipinski definition) is 1. The molecule has 0 unspecified atom stereocenters. The first-order chi connectivity index (χ1) is 9.09. The van der Waals surface area contributed by atoms with Gasteiger partial charge in [0.15, 0.2) is 5.13 Å². The highest BCUT2D eigenvalue weighted by Crippen LogP contribution is 2.38. The quantitative estimate of drug-likeness (QED) is 0.887. The van der Waals surface area contributed by atoms with Crippen molar-refractivity contribution in [3.8, 4) is 0 Å². The van der Waals surface area contributed by atoms with E-state index in [9.17, 15) is 4.79 Å². The van der Waals surface area contributed by atoms with Gasteiger partial charge in [-0.25, -0.2) is 4.98 Å². The fraction of sp³-hybridized carbons (Fsp3) is 0.692. The van der Waals surface area contributed by atoms with Crippen molar-refractivity contribution in [2.24, 2.45) is 0 Å². The van der Waals surface area contributed by atoms with Gasteiger partial charge in [-0.1, -0.05) is 0 Å². The van der Waals surface area contributed by atoms with Crippen LogP contribution in [0.2, 0.25) is 0 Å². The SMILES string of the molecule is CN1C(=O)CCC12CCN(Cc1cnc(N)s1)CC2. The third-order valence-electron chi connectivity index (χ3n) is 4.63. The van der Waals surface area contributed by atoms with Crippen LogP contribution >= 0.6 is 11.3 Å². The van der Waals surface area contributed by atoms with Crippen LogP contribution in [-0.4, -0.2) is 46.4 Å². The number of hydrogen-bond acceptors (Lipinski definition) is 5. The van der Waals surface area contributed by atoms with Crippen LogP contribution < -0.4 is 5.73 Å². The number of nitrogen functional groups attached to an aromatic ring is 1. The lowest BCUT2D eigenvalue weighted by molar-refractivity contribution is -0.130. The fourth-order valence-electron chi connectivity index (χ4n) is 3.27. The Hall–Kier alpha value is -1.14. The van der Waals surface area contributed by atoms with Crippen LogP contribution in [0.4, 0.5) is 5.13 Å². The topological polar surface area (TPSA) is 62.5 Å². The number of carbonyl (C=O) groups excluding carboxylic acids is 1. The van der Waals surface area contributed by atoms with E-state index in [4.69, 9.17) is 5.73 Å². The van der Waals surface area contributed by atoms with Gasteiger partial charge in [0, 0.05) is 49.7 Å². The average Bonchev–Trinajstić information content (AvgIpc) is 2.92. The zero-order chi connectivity index (χ0) is 13.5. The molecule has 2 saturated heterocycles. The van der Waals surface area contributed by atoms with Crippen LogP contribution in [0.3, 0.4) is 0 Å². The molecular formula is C13H20N4OS. The van der Waals surface area contributed by atoms with E-state index in [0.29, 0.717) is 11.0 Å². The predicted octanol–water partition coefficient (Wildman–Crippen LogP) is 1.31. The molecule has 5 nitrogen and oxygen atoms in total. The second kappa shape index (κ2) is 4.76. The Morgan fingerprint density at radius 3 is 2.68 bits per heavy atom. The van der Waals surface area contributed by atoms with Crippen molar-refractivity contribution in [3.63, 3.8) is 0 Å². The molecule has 19 heavy (non-hydrogen) atoms. The Morgan fingerprint density at radius 2 is 2.16 bits per heavy atom. The molecule has 104 valence electrons. The van der Waals surface area contributed by atoms with Gasteiger partial charge in [-0.3, -0.25) is 9.69 Å². The molecule has 2 fully saturated rings. The van der Waals surface area contributed by atoms with E-state index in [1.807, 2.05) is 18.1 Å². The monoisotopic (exact) mass is 280 g/mol. The van der Waals surface area contributed by atoms with E-state index in [-0.39, 0.29) is 5.54 Å². The lowest BCUT2D eigenvalue weighted by atomic mass is 9.85. The molecule has 3 heterocycles. The zero-order valence-electron chi connectivity index (χ0n) is 11.3. The van der Waals surface area contributed by atoms with E-state index in [2.05, 4.69) is 9.88 Å². The molecule has 0 saturated carbocycles. The molecule has 1 aromatic rings. The lowest BCUT2D eigenvalue weighted by Crippen LogP contribution is -2.51. The van der Waals surface area contributed by atoms with Crippen LogP contribution in [0.1, 0.15) is 30.6 Å². The number of nitrogens with two attached hydrogens (primary N) is 1. The van der Waals surface area contributed by atoms with Crippen LogP contribution in [0.5, 0.6) is 0 Å². The van der Waals surface area contributed by atoms with Gasteiger partial charge in [0.25, 0.3) is 0 Å². The number of aromatic nitrogens is 1. The van der Waals surface area contributed by atoms with Gasteiger partial charge >= 0.3 is 0 Å². The summed E-state index contributed by atoms with van der Waals surface area (Å²) in [7, 11) is 1.97. The Morgan fingerprint density at radius 1 is 1.42 bits per heavy atom. The summed E-state index contributed by atoms with van der Waals surface area (Å²) in [6.07, 6.45) is 5.80. The third-order valence-corrected chi connectivity index (χ3v) is 5.44. The highest BCUT2D eigenvalue weighted by atomic mass is 32.1. The van der Waals surface area contributed by atoms with Crippen molar-refractivity contribution >= 4 is 22.4 Å². The summed E-state index contributed by atoms with van der Waals surface area (Å²) in [5, 5.41) is 0.643. The zero-order valence-corrected chi connectivity index (χ0v) is 12.1. The Bertz CT molecular complexity index is 479. The molecular weight excluding hydrogens is 260 g/mol. The van der Waals surface area contributed by atoms with E-state index >= 15 is 0 Å². The van der Waals surface area contributed by atoms with Gasteiger partial charge in [-0.05, 0) is 19.3 Å². The molecule has 2 aliphatic rings. The maximum Gasteiger partial charge on any atom is 0.222 e. The molecule has 1 spiro atoms. The summed E-state index contributed by atoms with van der Waals surface area (Å²) in [5.41, 5.74) is 5.80. The van der Waals surface area contributed by atoms with E-state index < -0.39 is 0 Å². The first kappa shape index (κ1) is 12.9. The Balaban J connectivity index is 1.59. The van der Waals surface area contributed by atoms with Gasteiger partial charge in [0.05, 0.1) is 0 Å². The standard InChI is InChI=1S/C13H20N4OS/c1-16-11(18)2-3-13(16)4-6-17(7-5-13)9-10-8-15-12(14)19-10/h8H,2-7,9H2,1H3,(H2,14,15). The molecule has 0 atom stereocenters. The number of piperidine rings is 1. The van der Waals surface area contributed by atoms with Crippen LogP contribution in [0, 0.1) is 0 Å². The largest absolute Gasteiger partial charge is 0.375 e. The van der Waals surface area contributed by atoms with Crippen molar-refractivity contribution in [1.29, 1.82) is 0 Å². The highest BCUT2D eigenvalue weighted by Gasteiger charge is 2.44. The summed E-state index contributed by atoms with van der Waals surface area (Å²) >= 11 is 1.57. The number of anilines is 1. The fourth-order valence-corrected chi connectivity index (χ4v) is 4.00.